The van der Waals surface area contributed by atoms with Crippen LogP contribution in [0.1, 0.15) is 34.6 Å². The molecule has 0 aromatic rings. The van der Waals surface area contributed by atoms with Gasteiger partial charge in [-0.3, -0.25) is 4.79 Å². The molecule has 0 unspecified atom stereocenters. The number of hydrogen-bond acceptors (Lipinski definition) is 3. The molecule has 0 spiro atoms. The number of ether oxygens (including phenoxy) is 1. The molecule has 16 heavy (non-hydrogen) atoms. The third kappa shape index (κ3) is 3.76. The molecular formula is C12H24N2O2. The van der Waals surface area contributed by atoms with Crippen LogP contribution in [0.3, 0.4) is 0 Å². The molecule has 0 aliphatic carbocycles. The van der Waals surface area contributed by atoms with Gasteiger partial charge in [0.25, 0.3) is 0 Å². The third-order valence-electron chi connectivity index (χ3n) is 2.73. The van der Waals surface area contributed by atoms with E-state index in [4.69, 9.17) is 4.74 Å². The highest BCUT2D eigenvalue weighted by Crippen LogP contribution is 2.17. The molecule has 0 saturated carbocycles. The number of nitrogens with zero attached hydrogens (tertiary/aromatic N) is 1. The lowest BCUT2D eigenvalue weighted by Gasteiger charge is -2.43. The molecular weight excluding hydrogens is 204 g/mol. The number of hydrogen-bond donors (Lipinski definition) is 1. The van der Waals surface area contributed by atoms with E-state index in [1.807, 2.05) is 25.7 Å². The van der Waals surface area contributed by atoms with E-state index in [1.54, 1.807) is 0 Å². The van der Waals surface area contributed by atoms with Crippen LogP contribution in [-0.4, -0.2) is 48.2 Å². The van der Waals surface area contributed by atoms with Crippen molar-refractivity contribution in [3.05, 3.63) is 0 Å². The summed E-state index contributed by atoms with van der Waals surface area (Å²) in [5.41, 5.74) is -0.371. The van der Waals surface area contributed by atoms with Crippen LogP contribution in [-0.2, 0) is 9.53 Å². The second-order valence-corrected chi connectivity index (χ2v) is 5.94. The highest BCUT2D eigenvalue weighted by atomic mass is 16.5. The first-order valence-electron chi connectivity index (χ1n) is 5.87. The first-order chi connectivity index (χ1) is 7.22. The minimum Gasteiger partial charge on any atom is -0.366 e. The van der Waals surface area contributed by atoms with Crippen molar-refractivity contribution >= 4 is 5.91 Å². The van der Waals surface area contributed by atoms with Crippen LogP contribution in [0.15, 0.2) is 0 Å². The first kappa shape index (κ1) is 13.5. The van der Waals surface area contributed by atoms with E-state index in [0.717, 1.165) is 19.6 Å². The molecule has 1 heterocycles. The largest absolute Gasteiger partial charge is 0.366 e. The lowest BCUT2D eigenvalue weighted by molar-refractivity contribution is -0.147. The van der Waals surface area contributed by atoms with Crippen molar-refractivity contribution in [3.8, 4) is 0 Å². The molecule has 0 aromatic carbocycles. The summed E-state index contributed by atoms with van der Waals surface area (Å²) >= 11 is 0. The van der Waals surface area contributed by atoms with Crippen LogP contribution in [0, 0.1) is 0 Å². The molecule has 0 bridgehead atoms. The van der Waals surface area contributed by atoms with Gasteiger partial charge < -0.3 is 15.0 Å². The Labute approximate surface area is 98.3 Å². The zero-order valence-corrected chi connectivity index (χ0v) is 11.1. The average Bonchev–Trinajstić information content (AvgIpc) is 2.12. The summed E-state index contributed by atoms with van der Waals surface area (Å²) in [4.78, 5) is 13.9. The summed E-state index contributed by atoms with van der Waals surface area (Å²) in [6.07, 6.45) is 0. The fourth-order valence-corrected chi connectivity index (χ4v) is 1.80. The van der Waals surface area contributed by atoms with E-state index in [0.29, 0.717) is 0 Å². The maximum atomic E-state index is 12.0. The summed E-state index contributed by atoms with van der Waals surface area (Å²) in [5.74, 6) is 0.0847. The summed E-state index contributed by atoms with van der Waals surface area (Å²) in [7, 11) is 0. The van der Waals surface area contributed by atoms with Crippen LogP contribution in [0.4, 0.5) is 0 Å². The summed E-state index contributed by atoms with van der Waals surface area (Å²) in [6, 6.07) is 0. The summed E-state index contributed by atoms with van der Waals surface area (Å²) in [6.45, 7) is 12.7. The van der Waals surface area contributed by atoms with Crippen LogP contribution >= 0.6 is 0 Å². The third-order valence-corrected chi connectivity index (χ3v) is 2.73. The maximum Gasteiger partial charge on any atom is 0.249 e. The molecule has 1 aliphatic rings. The zero-order chi connectivity index (χ0) is 12.4. The van der Waals surface area contributed by atoms with Gasteiger partial charge in [0.1, 0.15) is 6.61 Å². The monoisotopic (exact) mass is 228 g/mol. The lowest BCUT2D eigenvalue weighted by Crippen LogP contribution is -2.60. The second-order valence-electron chi connectivity index (χ2n) is 5.94. The molecule has 4 nitrogen and oxygen atoms in total. The Balaban J connectivity index is 2.52. The van der Waals surface area contributed by atoms with Crippen LogP contribution in [0.25, 0.3) is 0 Å². The van der Waals surface area contributed by atoms with Crippen molar-refractivity contribution in [2.45, 2.75) is 45.8 Å². The molecule has 1 rings (SSSR count). The normalized spacial score (nSPS) is 20.9. The van der Waals surface area contributed by atoms with E-state index in [2.05, 4.69) is 19.2 Å². The van der Waals surface area contributed by atoms with Crippen LogP contribution in [0.5, 0.6) is 0 Å². The zero-order valence-electron chi connectivity index (χ0n) is 11.1. The van der Waals surface area contributed by atoms with Crippen molar-refractivity contribution in [2.24, 2.45) is 0 Å². The Bertz CT molecular complexity index is 256. The van der Waals surface area contributed by atoms with Crippen LogP contribution < -0.4 is 5.32 Å². The standard InChI is InChI=1S/C12H24N2O2/c1-11(2,3)16-8-10(15)14-7-6-13-9-12(14,4)5/h13H,6-9H2,1-5H3. The molecule has 1 saturated heterocycles. The van der Waals surface area contributed by atoms with Crippen molar-refractivity contribution in [3.63, 3.8) is 0 Å². The van der Waals surface area contributed by atoms with Crippen LogP contribution in [0.2, 0.25) is 0 Å². The molecule has 4 heteroatoms. The number of amides is 1. The molecule has 0 radical (unpaired) electrons. The van der Waals surface area contributed by atoms with Gasteiger partial charge in [0.05, 0.1) is 5.60 Å². The minimum atomic E-state index is -0.256. The molecule has 1 N–H and O–H groups in total. The van der Waals surface area contributed by atoms with Crippen molar-refractivity contribution < 1.29 is 9.53 Å². The molecule has 1 amide bonds. The Morgan fingerprint density at radius 2 is 2.06 bits per heavy atom. The number of carbonyl (C=O) groups is 1. The van der Waals surface area contributed by atoms with Crippen molar-refractivity contribution in [1.82, 2.24) is 10.2 Å². The van der Waals surface area contributed by atoms with E-state index in [9.17, 15) is 4.79 Å². The Kier molecular flexibility index (Phi) is 3.97. The molecule has 1 aliphatic heterocycles. The first-order valence-corrected chi connectivity index (χ1v) is 5.87. The average molecular weight is 228 g/mol. The molecule has 0 aromatic heterocycles. The molecule has 1 fully saturated rings. The van der Waals surface area contributed by atoms with Gasteiger partial charge in [0.15, 0.2) is 0 Å². The highest BCUT2D eigenvalue weighted by molar-refractivity contribution is 5.78. The van der Waals surface area contributed by atoms with Gasteiger partial charge in [0.2, 0.25) is 5.91 Å². The summed E-state index contributed by atoms with van der Waals surface area (Å²) < 4.78 is 5.53. The minimum absolute atomic E-state index is 0.0847. The molecule has 94 valence electrons. The fraction of sp³-hybridized carbons (Fsp3) is 0.917. The topological polar surface area (TPSA) is 41.6 Å². The number of piperazine rings is 1. The van der Waals surface area contributed by atoms with Gasteiger partial charge in [-0.2, -0.15) is 0 Å². The second kappa shape index (κ2) is 4.72. The van der Waals surface area contributed by atoms with Gasteiger partial charge in [-0.25, -0.2) is 0 Å². The number of rotatable bonds is 2. The quantitative estimate of drug-likeness (QED) is 0.767. The summed E-state index contributed by atoms with van der Waals surface area (Å²) in [5, 5.41) is 3.30. The predicted octanol–water partition coefficient (Wildman–Crippen LogP) is 1.01. The molecule has 0 atom stereocenters. The van der Waals surface area contributed by atoms with Gasteiger partial charge in [-0.1, -0.05) is 0 Å². The highest BCUT2D eigenvalue weighted by Gasteiger charge is 2.33. The van der Waals surface area contributed by atoms with E-state index < -0.39 is 0 Å². The van der Waals surface area contributed by atoms with Gasteiger partial charge in [-0.15, -0.1) is 0 Å². The Morgan fingerprint density at radius 1 is 1.44 bits per heavy atom. The Morgan fingerprint density at radius 3 is 2.56 bits per heavy atom. The SMILES string of the molecule is CC(C)(C)OCC(=O)N1CCNCC1(C)C. The van der Waals surface area contributed by atoms with Crippen molar-refractivity contribution in [1.29, 1.82) is 0 Å². The van der Waals surface area contributed by atoms with Crippen molar-refractivity contribution in [2.75, 3.05) is 26.2 Å². The van der Waals surface area contributed by atoms with Gasteiger partial charge in [-0.05, 0) is 34.6 Å². The Hall–Kier alpha value is -0.610. The van der Waals surface area contributed by atoms with E-state index in [-0.39, 0.29) is 23.7 Å². The number of nitrogens with one attached hydrogen (secondary N) is 1. The van der Waals surface area contributed by atoms with E-state index in [1.165, 1.54) is 0 Å². The predicted molar refractivity (Wildman–Crippen MR) is 64.4 cm³/mol. The lowest BCUT2D eigenvalue weighted by atomic mass is 10.0. The smallest absolute Gasteiger partial charge is 0.249 e. The van der Waals surface area contributed by atoms with E-state index >= 15 is 0 Å². The van der Waals surface area contributed by atoms with Gasteiger partial charge in [0, 0.05) is 25.2 Å². The fourth-order valence-electron chi connectivity index (χ4n) is 1.80. The maximum absolute atomic E-state index is 12.0. The van der Waals surface area contributed by atoms with Gasteiger partial charge >= 0.3 is 0 Å². The number of carbonyl (C=O) groups excluding carboxylic acids is 1.